The Bertz CT molecular complexity index is 1250. The van der Waals surface area contributed by atoms with Crippen LogP contribution in [0.2, 0.25) is 0 Å². The Labute approximate surface area is 202 Å². The number of ether oxygens (including phenoxy) is 2. The lowest BCUT2D eigenvalue weighted by molar-refractivity contribution is -0.113. The molecule has 0 saturated carbocycles. The molecule has 1 fully saturated rings. The molecule has 0 atom stereocenters. The number of hydrogen-bond donors (Lipinski definition) is 2. The number of aromatic carboxylic acids is 1. The van der Waals surface area contributed by atoms with Crippen LogP contribution in [0.4, 0.5) is 5.69 Å². The Morgan fingerprint density at radius 2 is 1.74 bits per heavy atom. The molecule has 8 heteroatoms. The van der Waals surface area contributed by atoms with Crippen LogP contribution >= 0.6 is 12.2 Å². The largest absolute Gasteiger partial charge is 0.494 e. The standard InChI is InChI=1S/C26H22N2O5S/c1-2-32-21-13-11-20(12-14-21)28-24(29)22(27-26(28)34)15-19-5-3-4-6-23(19)33-16-17-7-9-18(10-8-17)25(30)31/h3-15H,2,16H2,1H3,(H,27,34)(H,30,31)/b22-15+. The van der Waals surface area contributed by atoms with Crippen LogP contribution in [0.1, 0.15) is 28.4 Å². The van der Waals surface area contributed by atoms with Crippen molar-refractivity contribution in [3.05, 3.63) is 95.2 Å². The average molecular weight is 475 g/mol. The zero-order valence-corrected chi connectivity index (χ0v) is 19.2. The maximum Gasteiger partial charge on any atom is 0.335 e. The SMILES string of the molecule is CCOc1ccc(N2C(=O)/C(=C\c3ccccc3OCc3ccc(C(=O)O)cc3)NC2=S)cc1. The Kier molecular flexibility index (Phi) is 6.89. The fraction of sp³-hybridized carbons (Fsp3) is 0.115. The maximum atomic E-state index is 13.1. The van der Waals surface area contributed by atoms with Gasteiger partial charge < -0.3 is 19.9 Å². The second-order valence-electron chi connectivity index (χ2n) is 7.38. The molecule has 1 aliphatic rings. The Morgan fingerprint density at radius 1 is 1.03 bits per heavy atom. The third kappa shape index (κ3) is 5.07. The predicted molar refractivity (Wildman–Crippen MR) is 133 cm³/mol. The van der Waals surface area contributed by atoms with Gasteiger partial charge in [0, 0.05) is 5.56 Å². The van der Waals surface area contributed by atoms with Crippen molar-refractivity contribution in [2.24, 2.45) is 0 Å². The third-order valence-electron chi connectivity index (χ3n) is 5.10. The molecule has 0 spiro atoms. The molecule has 0 unspecified atom stereocenters. The summed E-state index contributed by atoms with van der Waals surface area (Å²) in [6.07, 6.45) is 1.70. The van der Waals surface area contributed by atoms with Crippen molar-refractivity contribution in [1.29, 1.82) is 0 Å². The summed E-state index contributed by atoms with van der Waals surface area (Å²) in [4.78, 5) is 25.5. The monoisotopic (exact) mass is 474 g/mol. The summed E-state index contributed by atoms with van der Waals surface area (Å²) in [5.41, 5.74) is 2.72. The summed E-state index contributed by atoms with van der Waals surface area (Å²) < 4.78 is 11.4. The molecule has 0 bridgehead atoms. The lowest BCUT2D eigenvalue weighted by Gasteiger charge is -2.14. The summed E-state index contributed by atoms with van der Waals surface area (Å²) in [7, 11) is 0. The van der Waals surface area contributed by atoms with E-state index in [9.17, 15) is 9.59 Å². The van der Waals surface area contributed by atoms with E-state index in [0.717, 1.165) is 11.3 Å². The predicted octanol–water partition coefficient (Wildman–Crippen LogP) is 4.62. The molecule has 0 radical (unpaired) electrons. The molecule has 172 valence electrons. The number of carbonyl (C=O) groups is 2. The van der Waals surface area contributed by atoms with E-state index in [2.05, 4.69) is 5.32 Å². The normalized spacial score (nSPS) is 14.3. The van der Waals surface area contributed by atoms with Crippen LogP contribution in [0.25, 0.3) is 6.08 Å². The van der Waals surface area contributed by atoms with Crippen LogP contribution in [0.5, 0.6) is 11.5 Å². The number of nitrogens with one attached hydrogen (secondary N) is 1. The Balaban J connectivity index is 1.51. The molecule has 2 N–H and O–H groups in total. The lowest BCUT2D eigenvalue weighted by atomic mass is 10.1. The third-order valence-corrected chi connectivity index (χ3v) is 5.38. The first-order chi connectivity index (χ1) is 16.5. The van der Waals surface area contributed by atoms with Gasteiger partial charge in [0.1, 0.15) is 23.8 Å². The number of rotatable bonds is 8. The van der Waals surface area contributed by atoms with Crippen LogP contribution in [-0.2, 0) is 11.4 Å². The summed E-state index contributed by atoms with van der Waals surface area (Å²) in [6.45, 7) is 2.72. The van der Waals surface area contributed by atoms with Crippen LogP contribution < -0.4 is 19.7 Å². The first kappa shape index (κ1) is 23.0. The maximum absolute atomic E-state index is 13.1. The second-order valence-corrected chi connectivity index (χ2v) is 7.77. The molecule has 7 nitrogen and oxygen atoms in total. The zero-order chi connectivity index (χ0) is 24.1. The summed E-state index contributed by atoms with van der Waals surface area (Å²) in [5.74, 6) is 0.0529. The van der Waals surface area contributed by atoms with Crippen molar-refractivity contribution in [3.8, 4) is 11.5 Å². The summed E-state index contributed by atoms with van der Waals surface area (Å²) in [6, 6.07) is 21.0. The number of benzene rings is 3. The number of amides is 1. The van der Waals surface area contributed by atoms with E-state index in [1.54, 1.807) is 48.5 Å². The molecule has 1 amide bonds. The molecule has 4 rings (SSSR count). The van der Waals surface area contributed by atoms with Crippen molar-refractivity contribution in [2.75, 3.05) is 11.5 Å². The Hall–Kier alpha value is -4.17. The fourth-order valence-corrected chi connectivity index (χ4v) is 3.72. The Morgan fingerprint density at radius 3 is 2.41 bits per heavy atom. The van der Waals surface area contributed by atoms with Gasteiger partial charge in [-0.15, -0.1) is 0 Å². The van der Waals surface area contributed by atoms with Crippen molar-refractivity contribution < 1.29 is 24.2 Å². The molecule has 1 heterocycles. The highest BCUT2D eigenvalue weighted by atomic mass is 32.1. The van der Waals surface area contributed by atoms with Gasteiger partial charge in [0.2, 0.25) is 0 Å². The molecular weight excluding hydrogens is 452 g/mol. The van der Waals surface area contributed by atoms with E-state index < -0.39 is 5.97 Å². The van der Waals surface area contributed by atoms with Gasteiger partial charge in [-0.3, -0.25) is 9.69 Å². The quantitative estimate of drug-likeness (QED) is 0.364. The number of carbonyl (C=O) groups excluding carboxylic acids is 1. The van der Waals surface area contributed by atoms with Gasteiger partial charge in [-0.05, 0) is 73.2 Å². The van der Waals surface area contributed by atoms with E-state index in [1.807, 2.05) is 25.1 Å². The van der Waals surface area contributed by atoms with Gasteiger partial charge in [-0.25, -0.2) is 4.79 Å². The van der Waals surface area contributed by atoms with Gasteiger partial charge in [-0.2, -0.15) is 0 Å². The minimum atomic E-state index is -0.977. The minimum Gasteiger partial charge on any atom is -0.494 e. The minimum absolute atomic E-state index is 0.216. The van der Waals surface area contributed by atoms with Crippen molar-refractivity contribution in [2.45, 2.75) is 13.5 Å². The van der Waals surface area contributed by atoms with Crippen LogP contribution in [0.3, 0.4) is 0 Å². The average Bonchev–Trinajstić information content (AvgIpc) is 3.12. The van der Waals surface area contributed by atoms with E-state index in [4.69, 9.17) is 26.8 Å². The summed E-state index contributed by atoms with van der Waals surface area (Å²) >= 11 is 5.40. The number of anilines is 1. The molecule has 3 aromatic carbocycles. The van der Waals surface area contributed by atoms with E-state index in [-0.39, 0.29) is 23.2 Å². The highest BCUT2D eigenvalue weighted by Crippen LogP contribution is 2.27. The molecule has 1 aliphatic heterocycles. The van der Waals surface area contributed by atoms with Gasteiger partial charge in [0.25, 0.3) is 5.91 Å². The second kappa shape index (κ2) is 10.2. The van der Waals surface area contributed by atoms with E-state index in [1.165, 1.54) is 17.0 Å². The molecule has 0 aromatic heterocycles. The fourth-order valence-electron chi connectivity index (χ4n) is 3.42. The number of carboxylic acids is 1. The van der Waals surface area contributed by atoms with Crippen LogP contribution in [0.15, 0.2) is 78.5 Å². The molecule has 34 heavy (non-hydrogen) atoms. The molecule has 1 saturated heterocycles. The van der Waals surface area contributed by atoms with E-state index >= 15 is 0 Å². The smallest absolute Gasteiger partial charge is 0.335 e. The lowest BCUT2D eigenvalue weighted by Crippen LogP contribution is -2.30. The molecule has 3 aromatic rings. The highest BCUT2D eigenvalue weighted by molar-refractivity contribution is 7.80. The van der Waals surface area contributed by atoms with Crippen molar-refractivity contribution in [3.63, 3.8) is 0 Å². The molecule has 0 aliphatic carbocycles. The summed E-state index contributed by atoms with van der Waals surface area (Å²) in [5, 5.41) is 12.3. The topological polar surface area (TPSA) is 88.1 Å². The molecular formula is C26H22N2O5S. The van der Waals surface area contributed by atoms with Gasteiger partial charge in [0.15, 0.2) is 5.11 Å². The van der Waals surface area contributed by atoms with E-state index in [0.29, 0.717) is 29.3 Å². The first-order valence-electron chi connectivity index (χ1n) is 10.6. The first-order valence-corrected chi connectivity index (χ1v) is 11.0. The zero-order valence-electron chi connectivity index (χ0n) is 18.4. The number of hydrogen-bond acceptors (Lipinski definition) is 5. The van der Waals surface area contributed by atoms with Gasteiger partial charge in [-0.1, -0.05) is 30.3 Å². The number of thiocarbonyl (C=S) groups is 1. The van der Waals surface area contributed by atoms with Crippen LogP contribution in [0, 0.1) is 0 Å². The van der Waals surface area contributed by atoms with Crippen LogP contribution in [-0.4, -0.2) is 28.7 Å². The van der Waals surface area contributed by atoms with Gasteiger partial charge >= 0.3 is 5.97 Å². The number of carboxylic acid groups (broad SMARTS) is 1. The highest BCUT2D eigenvalue weighted by Gasteiger charge is 2.32. The van der Waals surface area contributed by atoms with Gasteiger partial charge in [0.05, 0.1) is 17.9 Å². The van der Waals surface area contributed by atoms with Crippen molar-refractivity contribution in [1.82, 2.24) is 5.32 Å². The van der Waals surface area contributed by atoms with Crippen molar-refractivity contribution >= 4 is 41.0 Å². The number of nitrogens with zero attached hydrogens (tertiary/aromatic N) is 1. The number of para-hydroxylation sites is 1.